The summed E-state index contributed by atoms with van der Waals surface area (Å²) in [6.45, 7) is 3.32. The Morgan fingerprint density at radius 1 is 0.595 bits per heavy atom. The van der Waals surface area contributed by atoms with Crippen molar-refractivity contribution in [2.75, 3.05) is 45.8 Å². The summed E-state index contributed by atoms with van der Waals surface area (Å²) < 4.78 is 0. The van der Waals surface area contributed by atoms with Gasteiger partial charge < -0.3 is 82.0 Å². The van der Waals surface area contributed by atoms with Crippen molar-refractivity contribution in [3.05, 3.63) is 12.2 Å². The van der Waals surface area contributed by atoms with Gasteiger partial charge in [0.15, 0.2) is 5.96 Å². The molecule has 0 saturated carbocycles. The first-order valence-corrected chi connectivity index (χ1v) is 29.6. The molecule has 0 spiro atoms. The van der Waals surface area contributed by atoms with Crippen molar-refractivity contribution in [3.8, 4) is 0 Å². The number of amides is 8. The van der Waals surface area contributed by atoms with Crippen molar-refractivity contribution in [2.24, 2.45) is 39.4 Å². The third-order valence-electron chi connectivity index (χ3n) is 13.7. The summed E-state index contributed by atoms with van der Waals surface area (Å²) in [6.07, 6.45) is 20.5. The van der Waals surface area contributed by atoms with E-state index in [0.717, 1.165) is 38.5 Å². The number of guanidine groups is 1. The fraction of sp³-hybridized carbons (Fsp3) is 0.800. The van der Waals surface area contributed by atoms with Gasteiger partial charge in [0.1, 0.15) is 36.3 Å². The maximum absolute atomic E-state index is 14.4. The molecule has 0 aromatic rings. The van der Waals surface area contributed by atoms with Crippen LogP contribution in [0, 0.1) is 0 Å². The minimum Gasteiger partial charge on any atom is -0.393 e. The summed E-state index contributed by atoms with van der Waals surface area (Å²) in [7, 11) is 0. The fourth-order valence-electron chi connectivity index (χ4n) is 8.99. The number of unbranched alkanes of at least 4 members (excludes halogenated alkanes) is 12. The van der Waals surface area contributed by atoms with Crippen LogP contribution < -0.4 is 76.9 Å². The highest BCUT2D eigenvalue weighted by atomic mass is 16.3. The molecule has 0 unspecified atom stereocenters. The molecule has 0 aliphatic carbocycles. The van der Waals surface area contributed by atoms with E-state index in [4.69, 9.17) is 34.4 Å². The zero-order valence-corrected chi connectivity index (χ0v) is 47.8. The number of carbonyl (C=O) groups excluding carboxylic acids is 8. The Morgan fingerprint density at radius 3 is 1.57 bits per heavy atom. The lowest BCUT2D eigenvalue weighted by atomic mass is 10.0. The molecule has 1 rings (SSSR count). The first-order chi connectivity index (χ1) is 38.1. The predicted octanol–water partition coefficient (Wildman–Crippen LogP) is 0.499. The summed E-state index contributed by atoms with van der Waals surface area (Å²) in [5.41, 5.74) is 34.2. The lowest BCUT2D eigenvalue weighted by molar-refractivity contribution is -0.135. The average Bonchev–Trinajstić information content (AvgIpc) is 3.41. The Kier molecular flexibility index (Phi) is 42.0. The van der Waals surface area contributed by atoms with E-state index in [2.05, 4.69) is 66.6 Å². The van der Waals surface area contributed by atoms with Crippen LogP contribution in [0.5, 0.6) is 0 Å². The summed E-state index contributed by atoms with van der Waals surface area (Å²) in [5.74, 6) is -5.24. The van der Waals surface area contributed by atoms with Gasteiger partial charge in [-0.15, -0.1) is 0 Å². The molecule has 0 aromatic carbocycles. The summed E-state index contributed by atoms with van der Waals surface area (Å²) in [6, 6.07) is -6.89. The van der Waals surface area contributed by atoms with Crippen LogP contribution in [0.15, 0.2) is 17.1 Å². The number of aliphatic hydroxyl groups excluding tert-OH is 1. The number of hydrogen-bond acceptors (Lipinski definition) is 14. The Hall–Kier alpha value is -5.43. The highest BCUT2D eigenvalue weighted by molar-refractivity contribution is 5.97. The first-order valence-electron chi connectivity index (χ1n) is 29.6. The van der Waals surface area contributed by atoms with Crippen molar-refractivity contribution >= 4 is 53.2 Å². The number of rotatable bonds is 39. The fourth-order valence-corrected chi connectivity index (χ4v) is 8.99. The van der Waals surface area contributed by atoms with Gasteiger partial charge in [0.25, 0.3) is 0 Å². The molecule has 0 aromatic heterocycles. The van der Waals surface area contributed by atoms with Crippen LogP contribution >= 0.6 is 0 Å². The second-order valence-electron chi connectivity index (χ2n) is 20.7. The van der Waals surface area contributed by atoms with Gasteiger partial charge in [0.05, 0.1) is 19.1 Å². The second-order valence-corrected chi connectivity index (χ2v) is 20.7. The van der Waals surface area contributed by atoms with E-state index in [9.17, 15) is 43.5 Å². The van der Waals surface area contributed by atoms with Gasteiger partial charge >= 0.3 is 0 Å². The van der Waals surface area contributed by atoms with Crippen LogP contribution in [0.4, 0.5) is 0 Å². The molecule has 0 bridgehead atoms. The molecule has 24 heteroatoms. The number of aliphatic hydroxyl groups is 1. The highest BCUT2D eigenvalue weighted by Gasteiger charge is 2.33. The monoisotopic (exact) mass is 1120 g/mol. The van der Waals surface area contributed by atoms with Crippen molar-refractivity contribution < 1.29 is 43.5 Å². The molecule has 1 aliphatic rings. The minimum atomic E-state index is -1.27. The topological polar surface area (TPSA) is 422 Å². The molecule has 8 amide bonds. The number of allylic oxidation sites excluding steroid dienone is 2. The van der Waals surface area contributed by atoms with E-state index in [-0.39, 0.29) is 76.8 Å². The molecule has 7 atom stereocenters. The van der Waals surface area contributed by atoms with Gasteiger partial charge in [-0.1, -0.05) is 57.6 Å². The summed E-state index contributed by atoms with van der Waals surface area (Å²) in [5, 5.41) is 32.6. The van der Waals surface area contributed by atoms with Crippen LogP contribution in [-0.4, -0.2) is 146 Å². The van der Waals surface area contributed by atoms with Gasteiger partial charge in [-0.25, -0.2) is 0 Å². The molecule has 0 radical (unpaired) electrons. The Balaban J connectivity index is 3.37. The van der Waals surface area contributed by atoms with Crippen LogP contribution in [0.3, 0.4) is 0 Å². The molecule has 1 aliphatic heterocycles. The van der Waals surface area contributed by atoms with Gasteiger partial charge in [-0.2, -0.15) is 0 Å². The van der Waals surface area contributed by atoms with E-state index in [1.807, 2.05) is 0 Å². The number of hydrogen-bond donors (Lipinski definition) is 15. The van der Waals surface area contributed by atoms with Gasteiger partial charge in [-0.3, -0.25) is 43.3 Å². The van der Waals surface area contributed by atoms with Crippen molar-refractivity contribution in [1.29, 1.82) is 0 Å². The highest BCUT2D eigenvalue weighted by Crippen LogP contribution is 2.14. The van der Waals surface area contributed by atoms with Crippen molar-refractivity contribution in [1.82, 2.24) is 42.5 Å². The standard InChI is InChI=1S/C55H105N15O9/c1-2-3-4-5-6-7-8-9-10-11-12-13-25-40(71)38-47(72)64-39-48(73)65-42(31-24-37-63-55(60)61)50(75)67-46-30-18-23-36-62-49(74)41(26-14-19-32-56)66-51(76)43(27-15-20-33-57)68-52(77)44(28-16-21-34-58)69-53(78)45(70-54(46)79)29-17-22-35-59/h7-8,40-46,71H,2-6,9-39,56-59H2,1H3,(H,62,74)(H,64,72)(H,65,73)(H,66,76)(H,67,75)(H,68,77)(H,69,78)(H,70,79)(H4,60,61,63)/b8-7-/t40-,41+,42+,43-,44-,45+,46-/m1/s1. The van der Waals surface area contributed by atoms with Crippen LogP contribution in [-0.2, 0) is 38.4 Å². The largest absolute Gasteiger partial charge is 0.393 e. The zero-order valence-electron chi connectivity index (χ0n) is 47.8. The van der Waals surface area contributed by atoms with Gasteiger partial charge in [-0.05, 0) is 167 Å². The number of carbonyl (C=O) groups is 8. The Morgan fingerprint density at radius 2 is 1.08 bits per heavy atom. The number of aliphatic imine (C=N–C) groups is 1. The SMILES string of the molecule is CCCCCC/C=C\CCCCCC[C@@H](O)CC(=O)NCC(=O)N[C@@H](CCCN=C(N)N)C(=O)N[C@@H]1CCCCNC(=O)[C@H](CCCCN)NC(=O)[C@@H](CCCCN)NC(=O)[C@@H](CCCCN)NC(=O)[C@H](CCCCN)NC1=O. The van der Waals surface area contributed by atoms with E-state index in [1.54, 1.807) is 0 Å². The molecule has 1 saturated heterocycles. The van der Waals surface area contributed by atoms with E-state index >= 15 is 0 Å². The molecule has 24 nitrogen and oxygen atoms in total. The smallest absolute Gasteiger partial charge is 0.243 e. The Bertz CT molecular complexity index is 1810. The van der Waals surface area contributed by atoms with Crippen LogP contribution in [0.2, 0.25) is 0 Å². The van der Waals surface area contributed by atoms with E-state index < -0.39 is 96.2 Å². The van der Waals surface area contributed by atoms with Gasteiger partial charge in [0.2, 0.25) is 47.3 Å². The number of nitrogens with one attached hydrogen (secondary N) is 8. The van der Waals surface area contributed by atoms with Crippen LogP contribution in [0.1, 0.15) is 193 Å². The molecular formula is C55H105N15O9. The van der Waals surface area contributed by atoms with Crippen LogP contribution in [0.25, 0.3) is 0 Å². The summed E-state index contributed by atoms with van der Waals surface area (Å²) >= 11 is 0. The normalized spacial score (nSPS) is 19.8. The minimum absolute atomic E-state index is 0.0192. The molecule has 79 heavy (non-hydrogen) atoms. The first kappa shape index (κ1) is 71.6. The maximum atomic E-state index is 14.4. The number of nitrogens with zero attached hydrogens (tertiary/aromatic N) is 1. The van der Waals surface area contributed by atoms with E-state index in [0.29, 0.717) is 90.4 Å². The lowest BCUT2D eigenvalue weighted by Gasteiger charge is -2.28. The summed E-state index contributed by atoms with van der Waals surface area (Å²) in [4.78, 5) is 115. The average molecular weight is 1120 g/mol. The third-order valence-corrected chi connectivity index (χ3v) is 13.7. The predicted molar refractivity (Wildman–Crippen MR) is 309 cm³/mol. The van der Waals surface area contributed by atoms with Crippen molar-refractivity contribution in [3.63, 3.8) is 0 Å². The molecule has 454 valence electrons. The quantitative estimate of drug-likeness (QED) is 0.0173. The van der Waals surface area contributed by atoms with Gasteiger partial charge in [0, 0.05) is 13.1 Å². The van der Waals surface area contributed by atoms with Crippen molar-refractivity contribution in [2.45, 2.75) is 235 Å². The zero-order chi connectivity index (χ0) is 58.5. The second kappa shape index (κ2) is 46.3. The Labute approximate surface area is 470 Å². The third kappa shape index (κ3) is 35.7. The van der Waals surface area contributed by atoms with E-state index in [1.165, 1.54) is 25.7 Å². The maximum Gasteiger partial charge on any atom is 0.243 e. The molecular weight excluding hydrogens is 1010 g/mol. The molecule has 1 fully saturated rings. The number of nitrogens with two attached hydrogens (primary N) is 6. The lowest BCUT2D eigenvalue weighted by Crippen LogP contribution is -2.59. The molecule has 21 N–H and O–H groups in total. The molecule has 1 heterocycles.